The van der Waals surface area contributed by atoms with Crippen molar-refractivity contribution in [2.75, 3.05) is 0 Å². The molecule has 0 spiro atoms. The van der Waals surface area contributed by atoms with Gasteiger partial charge in [-0.25, -0.2) is 4.39 Å². The minimum atomic E-state index is -0.664. The second kappa shape index (κ2) is 4.70. The average molecular weight is 244 g/mol. The predicted molar refractivity (Wildman–Crippen MR) is 61.7 cm³/mol. The zero-order valence-corrected chi connectivity index (χ0v) is 9.62. The fourth-order valence-electron chi connectivity index (χ4n) is 2.03. The van der Waals surface area contributed by atoms with E-state index in [4.69, 9.17) is 17.3 Å². The van der Waals surface area contributed by atoms with E-state index in [2.05, 4.69) is 0 Å². The maximum absolute atomic E-state index is 13.6. The zero-order valence-electron chi connectivity index (χ0n) is 8.87. The van der Waals surface area contributed by atoms with E-state index in [1.807, 2.05) is 0 Å². The van der Waals surface area contributed by atoms with Gasteiger partial charge < -0.3 is 10.8 Å². The van der Waals surface area contributed by atoms with Crippen molar-refractivity contribution in [2.24, 2.45) is 11.7 Å². The van der Waals surface area contributed by atoms with E-state index in [9.17, 15) is 9.50 Å². The van der Waals surface area contributed by atoms with Crippen LogP contribution in [0.3, 0.4) is 0 Å². The molecule has 0 aromatic heterocycles. The molecule has 0 aliphatic heterocycles. The highest BCUT2D eigenvalue weighted by molar-refractivity contribution is 6.30. The number of aliphatic hydroxyl groups excluding tert-OH is 1. The Labute approximate surface area is 99.2 Å². The molecular weight excluding hydrogens is 229 g/mol. The number of benzene rings is 1. The first-order chi connectivity index (χ1) is 7.59. The average Bonchev–Trinajstić information content (AvgIpc) is 2.14. The lowest BCUT2D eigenvalue weighted by molar-refractivity contribution is 0.0405. The highest BCUT2D eigenvalue weighted by Crippen LogP contribution is 2.35. The minimum Gasteiger partial charge on any atom is -0.391 e. The van der Waals surface area contributed by atoms with Crippen molar-refractivity contribution in [3.05, 3.63) is 34.6 Å². The highest BCUT2D eigenvalue weighted by Gasteiger charge is 2.31. The van der Waals surface area contributed by atoms with Crippen molar-refractivity contribution in [1.29, 1.82) is 0 Å². The van der Waals surface area contributed by atoms with Crippen LogP contribution in [0.4, 0.5) is 4.39 Å². The summed E-state index contributed by atoms with van der Waals surface area (Å²) in [5.74, 6) is -0.233. The number of halogens is 2. The van der Waals surface area contributed by atoms with E-state index >= 15 is 0 Å². The number of rotatable bonds is 3. The summed E-state index contributed by atoms with van der Waals surface area (Å²) in [7, 11) is 0. The molecule has 3 N–H and O–H groups in total. The molecule has 0 unspecified atom stereocenters. The van der Waals surface area contributed by atoms with Crippen LogP contribution in [0.1, 0.15) is 30.9 Å². The van der Waals surface area contributed by atoms with Gasteiger partial charge in [-0.15, -0.1) is 0 Å². The highest BCUT2D eigenvalue weighted by atomic mass is 35.5. The lowest BCUT2D eigenvalue weighted by Gasteiger charge is -2.33. The summed E-state index contributed by atoms with van der Waals surface area (Å²) in [6.45, 7) is 0. The van der Waals surface area contributed by atoms with Crippen molar-refractivity contribution in [2.45, 2.75) is 31.4 Å². The molecule has 1 aliphatic rings. The fraction of sp³-hybridized carbons (Fsp3) is 0.500. The van der Waals surface area contributed by atoms with Gasteiger partial charge in [0.1, 0.15) is 5.82 Å². The molecule has 16 heavy (non-hydrogen) atoms. The van der Waals surface area contributed by atoms with E-state index in [0.29, 0.717) is 10.6 Å². The number of hydrogen-bond donors (Lipinski definition) is 2. The van der Waals surface area contributed by atoms with Gasteiger partial charge in [0.25, 0.3) is 0 Å². The summed E-state index contributed by atoms with van der Waals surface area (Å²) < 4.78 is 13.6. The van der Waals surface area contributed by atoms with Gasteiger partial charge in [0.2, 0.25) is 0 Å². The maximum Gasteiger partial charge on any atom is 0.129 e. The van der Waals surface area contributed by atoms with Crippen molar-refractivity contribution in [1.82, 2.24) is 0 Å². The molecule has 1 aromatic carbocycles. The Hall–Kier alpha value is -0.640. The van der Waals surface area contributed by atoms with Crippen molar-refractivity contribution in [3.63, 3.8) is 0 Å². The zero-order chi connectivity index (χ0) is 11.7. The molecule has 0 heterocycles. The Bertz CT molecular complexity index is 381. The molecule has 2 nitrogen and oxygen atoms in total. The Kier molecular flexibility index (Phi) is 3.47. The van der Waals surface area contributed by atoms with E-state index < -0.39 is 18.0 Å². The van der Waals surface area contributed by atoms with Crippen LogP contribution in [0.25, 0.3) is 0 Å². The van der Waals surface area contributed by atoms with E-state index in [1.54, 1.807) is 12.1 Å². The molecule has 4 heteroatoms. The van der Waals surface area contributed by atoms with Gasteiger partial charge >= 0.3 is 0 Å². The maximum atomic E-state index is 13.6. The normalized spacial score (nSPS) is 20.2. The van der Waals surface area contributed by atoms with Gasteiger partial charge in [0.05, 0.1) is 12.1 Å². The lowest BCUT2D eigenvalue weighted by atomic mass is 9.77. The van der Waals surface area contributed by atoms with Gasteiger partial charge in [-0.3, -0.25) is 0 Å². The summed E-state index contributed by atoms with van der Waals surface area (Å²) in [5, 5.41) is 10.3. The summed E-state index contributed by atoms with van der Waals surface area (Å²) in [6.07, 6.45) is 2.41. The van der Waals surface area contributed by atoms with Gasteiger partial charge in [0.15, 0.2) is 0 Å². The number of aliphatic hydroxyl groups is 1. The molecule has 2 atom stereocenters. The molecule has 1 fully saturated rings. The predicted octanol–water partition coefficient (Wildman–Crippen LogP) is 2.64. The lowest BCUT2D eigenvalue weighted by Crippen LogP contribution is -2.36. The first-order valence-electron chi connectivity index (χ1n) is 5.48. The molecule has 0 amide bonds. The Morgan fingerprint density at radius 1 is 1.44 bits per heavy atom. The van der Waals surface area contributed by atoms with E-state index in [-0.39, 0.29) is 5.92 Å². The van der Waals surface area contributed by atoms with Crippen LogP contribution in [0.2, 0.25) is 5.02 Å². The van der Waals surface area contributed by atoms with Crippen molar-refractivity contribution >= 4 is 11.6 Å². The number of hydrogen-bond acceptors (Lipinski definition) is 2. The van der Waals surface area contributed by atoms with Crippen molar-refractivity contribution < 1.29 is 9.50 Å². The first kappa shape index (κ1) is 11.8. The van der Waals surface area contributed by atoms with Crippen molar-refractivity contribution in [3.8, 4) is 0 Å². The Morgan fingerprint density at radius 3 is 2.62 bits per heavy atom. The van der Waals surface area contributed by atoms with Gasteiger partial charge in [-0.2, -0.15) is 0 Å². The molecular formula is C12H15ClFNO. The largest absolute Gasteiger partial charge is 0.391 e. The van der Waals surface area contributed by atoms with Crippen LogP contribution in [-0.2, 0) is 0 Å². The Balaban J connectivity index is 2.15. The SMILES string of the molecule is N[C@H](c1ccc(Cl)cc1F)[C@@H](O)C1CCC1. The topological polar surface area (TPSA) is 46.2 Å². The second-order valence-electron chi connectivity index (χ2n) is 4.37. The first-order valence-corrected chi connectivity index (χ1v) is 5.86. The van der Waals surface area contributed by atoms with Gasteiger partial charge in [-0.1, -0.05) is 24.1 Å². The third-order valence-corrected chi connectivity index (χ3v) is 3.56. The van der Waals surface area contributed by atoms with Crippen LogP contribution in [0.15, 0.2) is 18.2 Å². The monoisotopic (exact) mass is 243 g/mol. The smallest absolute Gasteiger partial charge is 0.129 e. The van der Waals surface area contributed by atoms with Gasteiger partial charge in [-0.05, 0) is 30.9 Å². The molecule has 1 saturated carbocycles. The fourth-order valence-corrected chi connectivity index (χ4v) is 2.19. The molecule has 0 bridgehead atoms. The summed E-state index contributed by atoms with van der Waals surface area (Å²) in [6, 6.07) is 3.70. The molecule has 0 radical (unpaired) electrons. The molecule has 88 valence electrons. The molecule has 1 aliphatic carbocycles. The van der Waals surface area contributed by atoms with Crippen LogP contribution in [-0.4, -0.2) is 11.2 Å². The van der Waals surface area contributed by atoms with Gasteiger partial charge in [0, 0.05) is 10.6 Å². The van der Waals surface area contributed by atoms with Crippen LogP contribution < -0.4 is 5.73 Å². The van der Waals surface area contributed by atoms with E-state index in [1.165, 1.54) is 6.07 Å². The molecule has 0 saturated heterocycles. The third kappa shape index (κ3) is 2.21. The minimum absolute atomic E-state index is 0.213. The summed E-state index contributed by atoms with van der Waals surface area (Å²) in [5.41, 5.74) is 6.20. The second-order valence-corrected chi connectivity index (χ2v) is 4.81. The summed E-state index contributed by atoms with van der Waals surface area (Å²) in [4.78, 5) is 0. The standard InChI is InChI=1S/C12H15ClFNO/c13-8-4-5-9(10(14)6-8)11(15)12(16)7-2-1-3-7/h4-7,11-12,16H,1-3,15H2/t11-,12+/m1/s1. The molecule has 1 aromatic rings. The molecule has 2 rings (SSSR count). The van der Waals surface area contributed by atoms with E-state index in [0.717, 1.165) is 19.3 Å². The van der Waals surface area contributed by atoms with Crippen LogP contribution >= 0.6 is 11.6 Å². The quantitative estimate of drug-likeness (QED) is 0.857. The van der Waals surface area contributed by atoms with Crippen LogP contribution in [0.5, 0.6) is 0 Å². The number of nitrogens with two attached hydrogens (primary N) is 1. The summed E-state index contributed by atoms with van der Waals surface area (Å²) >= 11 is 5.66. The third-order valence-electron chi connectivity index (χ3n) is 3.32. The van der Waals surface area contributed by atoms with Crippen LogP contribution in [0, 0.1) is 11.7 Å². The Morgan fingerprint density at radius 2 is 2.12 bits per heavy atom.